The van der Waals surface area contributed by atoms with E-state index in [0.717, 1.165) is 53.3 Å². The molecule has 0 saturated carbocycles. The molecule has 2 fully saturated rings. The summed E-state index contributed by atoms with van der Waals surface area (Å²) in [7, 11) is 1.97. The van der Waals surface area contributed by atoms with Gasteiger partial charge in [-0.1, -0.05) is 25.2 Å². The van der Waals surface area contributed by atoms with Crippen molar-refractivity contribution in [2.24, 2.45) is 18.9 Å². The molecule has 136 valence electrons. The van der Waals surface area contributed by atoms with Gasteiger partial charge in [0.25, 0.3) is 0 Å². The van der Waals surface area contributed by atoms with Crippen LogP contribution in [0.15, 0.2) is 12.7 Å². The average Bonchev–Trinajstić information content (AvgIpc) is 3.36. The first-order valence-corrected chi connectivity index (χ1v) is 9.87. The maximum atomic E-state index is 4.53. The molecule has 2 atom stereocenters. The van der Waals surface area contributed by atoms with Gasteiger partial charge in [0.05, 0.1) is 6.33 Å². The van der Waals surface area contributed by atoms with E-state index in [1.807, 2.05) is 17.9 Å². The van der Waals surface area contributed by atoms with Gasteiger partial charge in [0.2, 0.25) is 5.13 Å². The molecule has 26 heavy (non-hydrogen) atoms. The molecule has 2 unspecified atom stereocenters. The van der Waals surface area contributed by atoms with Gasteiger partial charge in [-0.3, -0.25) is 0 Å². The van der Waals surface area contributed by atoms with E-state index < -0.39 is 0 Å². The third kappa shape index (κ3) is 2.45. The van der Waals surface area contributed by atoms with Crippen LogP contribution in [-0.2, 0) is 7.05 Å². The van der Waals surface area contributed by atoms with Crippen LogP contribution in [0.3, 0.4) is 0 Å². The zero-order chi connectivity index (χ0) is 17.8. The first-order valence-electron chi connectivity index (χ1n) is 9.05. The zero-order valence-electron chi connectivity index (χ0n) is 15.2. The highest BCUT2D eigenvalue weighted by Crippen LogP contribution is 2.38. The van der Waals surface area contributed by atoms with Crippen molar-refractivity contribution < 1.29 is 0 Å². The van der Waals surface area contributed by atoms with Crippen LogP contribution in [0.2, 0.25) is 0 Å². The predicted octanol–water partition coefficient (Wildman–Crippen LogP) is 1.91. The molecule has 3 aromatic heterocycles. The number of nitrogens with zero attached hydrogens (tertiary/aromatic N) is 8. The number of aromatic nitrogens is 6. The Hall–Kier alpha value is -2.29. The highest BCUT2D eigenvalue weighted by Gasteiger charge is 2.42. The third-order valence-electron chi connectivity index (χ3n) is 5.46. The standard InChI is InChI=1S/C17H22N8S/c1-10(2)16-21-22-17(26-16)25-6-11-4-24(5-12(11)7-25)15-13-14(18-8-19-15)23(3)9-20-13/h8-12H,4-7H2,1-3H3. The minimum Gasteiger partial charge on any atom is -0.354 e. The summed E-state index contributed by atoms with van der Waals surface area (Å²) in [6.07, 6.45) is 3.46. The van der Waals surface area contributed by atoms with E-state index in [4.69, 9.17) is 0 Å². The highest BCUT2D eigenvalue weighted by atomic mass is 32.1. The number of hydrogen-bond acceptors (Lipinski definition) is 8. The lowest BCUT2D eigenvalue weighted by molar-refractivity contribution is 0.533. The van der Waals surface area contributed by atoms with Crippen LogP contribution in [0.5, 0.6) is 0 Å². The first kappa shape index (κ1) is 15.9. The summed E-state index contributed by atoms with van der Waals surface area (Å²) in [5, 5.41) is 11.0. The number of aryl methyl sites for hydroxylation is 1. The smallest absolute Gasteiger partial charge is 0.208 e. The maximum absolute atomic E-state index is 4.53. The van der Waals surface area contributed by atoms with Crippen molar-refractivity contribution in [3.63, 3.8) is 0 Å². The summed E-state index contributed by atoms with van der Waals surface area (Å²) in [5.41, 5.74) is 1.79. The van der Waals surface area contributed by atoms with E-state index in [2.05, 4.69) is 48.8 Å². The molecule has 5 rings (SSSR count). The summed E-state index contributed by atoms with van der Waals surface area (Å²) in [6.45, 7) is 8.45. The van der Waals surface area contributed by atoms with E-state index in [1.165, 1.54) is 0 Å². The fraction of sp³-hybridized carbons (Fsp3) is 0.588. The van der Waals surface area contributed by atoms with Gasteiger partial charge in [-0.25, -0.2) is 15.0 Å². The molecule has 0 aliphatic carbocycles. The van der Waals surface area contributed by atoms with E-state index in [-0.39, 0.29) is 0 Å². The van der Waals surface area contributed by atoms with Crippen LogP contribution in [0.1, 0.15) is 24.8 Å². The molecule has 5 heterocycles. The lowest BCUT2D eigenvalue weighted by Gasteiger charge is -2.21. The third-order valence-corrected chi connectivity index (χ3v) is 6.74. The second-order valence-electron chi connectivity index (χ2n) is 7.63. The maximum Gasteiger partial charge on any atom is 0.208 e. The van der Waals surface area contributed by atoms with Gasteiger partial charge in [-0.15, -0.1) is 10.2 Å². The molecular formula is C17H22N8S. The Morgan fingerprint density at radius 1 is 1.00 bits per heavy atom. The quantitative estimate of drug-likeness (QED) is 0.697. The normalized spacial score (nSPS) is 22.8. The highest BCUT2D eigenvalue weighted by molar-refractivity contribution is 7.15. The van der Waals surface area contributed by atoms with E-state index in [0.29, 0.717) is 17.8 Å². The van der Waals surface area contributed by atoms with Crippen molar-refractivity contribution in [3.05, 3.63) is 17.7 Å². The van der Waals surface area contributed by atoms with Crippen molar-refractivity contribution in [1.29, 1.82) is 0 Å². The van der Waals surface area contributed by atoms with E-state index in [9.17, 15) is 0 Å². The molecule has 0 aromatic carbocycles. The number of hydrogen-bond donors (Lipinski definition) is 0. The molecule has 3 aromatic rings. The Morgan fingerprint density at radius 2 is 1.73 bits per heavy atom. The molecule has 0 amide bonds. The summed E-state index contributed by atoms with van der Waals surface area (Å²) in [5.74, 6) is 2.68. The van der Waals surface area contributed by atoms with Crippen LogP contribution < -0.4 is 9.80 Å². The molecule has 2 aliphatic rings. The molecule has 0 bridgehead atoms. The second kappa shape index (κ2) is 5.87. The Kier molecular flexibility index (Phi) is 3.59. The van der Waals surface area contributed by atoms with Crippen LogP contribution in [-0.4, -0.2) is 55.9 Å². The zero-order valence-corrected chi connectivity index (χ0v) is 16.0. The second-order valence-corrected chi connectivity index (χ2v) is 8.62. The van der Waals surface area contributed by atoms with Gasteiger partial charge in [0.15, 0.2) is 17.0 Å². The molecule has 0 radical (unpaired) electrons. The van der Waals surface area contributed by atoms with Crippen LogP contribution in [0.4, 0.5) is 10.9 Å². The average molecular weight is 370 g/mol. The van der Waals surface area contributed by atoms with Crippen molar-refractivity contribution >= 4 is 33.5 Å². The van der Waals surface area contributed by atoms with Crippen LogP contribution in [0, 0.1) is 11.8 Å². The van der Waals surface area contributed by atoms with Crippen molar-refractivity contribution in [3.8, 4) is 0 Å². The minimum atomic E-state index is 0.442. The topological polar surface area (TPSA) is 75.9 Å². The number of imidazole rings is 1. The summed E-state index contributed by atoms with van der Waals surface area (Å²) < 4.78 is 1.95. The van der Waals surface area contributed by atoms with E-state index in [1.54, 1.807) is 17.7 Å². The Bertz CT molecular complexity index is 933. The first-order chi connectivity index (χ1) is 12.6. The fourth-order valence-corrected chi connectivity index (χ4v) is 4.94. The fourth-order valence-electron chi connectivity index (χ4n) is 4.07. The molecule has 8 nitrogen and oxygen atoms in total. The summed E-state index contributed by atoms with van der Waals surface area (Å²) in [6, 6.07) is 0. The number of fused-ring (bicyclic) bond motifs is 2. The van der Waals surface area contributed by atoms with Gasteiger partial charge in [-0.2, -0.15) is 0 Å². The Balaban J connectivity index is 1.33. The van der Waals surface area contributed by atoms with Gasteiger partial charge in [0, 0.05) is 51.0 Å². The van der Waals surface area contributed by atoms with Crippen molar-refractivity contribution in [2.75, 3.05) is 36.0 Å². The summed E-state index contributed by atoms with van der Waals surface area (Å²) in [4.78, 5) is 18.2. The largest absolute Gasteiger partial charge is 0.354 e. The molecule has 9 heteroatoms. The molecule has 2 aliphatic heterocycles. The van der Waals surface area contributed by atoms with Gasteiger partial charge >= 0.3 is 0 Å². The Labute approximate surface area is 155 Å². The SMILES string of the molecule is CC(C)c1nnc(N2CC3CN(c4ncnc5c4ncn5C)CC3C2)s1. The van der Waals surface area contributed by atoms with E-state index >= 15 is 0 Å². The monoisotopic (exact) mass is 370 g/mol. The lowest BCUT2D eigenvalue weighted by Crippen LogP contribution is -2.29. The van der Waals surface area contributed by atoms with Gasteiger partial charge in [0.1, 0.15) is 11.3 Å². The predicted molar refractivity (Wildman–Crippen MR) is 102 cm³/mol. The van der Waals surface area contributed by atoms with Crippen molar-refractivity contribution in [2.45, 2.75) is 19.8 Å². The molecular weight excluding hydrogens is 348 g/mol. The van der Waals surface area contributed by atoms with Crippen LogP contribution in [0.25, 0.3) is 11.2 Å². The molecule has 0 spiro atoms. The van der Waals surface area contributed by atoms with Gasteiger partial charge in [-0.05, 0) is 0 Å². The molecule has 0 N–H and O–H groups in total. The summed E-state index contributed by atoms with van der Waals surface area (Å²) >= 11 is 1.74. The lowest BCUT2D eigenvalue weighted by atomic mass is 10.0. The minimum absolute atomic E-state index is 0.442. The number of anilines is 2. The number of rotatable bonds is 3. The van der Waals surface area contributed by atoms with Crippen LogP contribution >= 0.6 is 11.3 Å². The Morgan fingerprint density at radius 3 is 2.42 bits per heavy atom. The van der Waals surface area contributed by atoms with Crippen molar-refractivity contribution in [1.82, 2.24) is 29.7 Å². The molecule has 2 saturated heterocycles. The van der Waals surface area contributed by atoms with Gasteiger partial charge < -0.3 is 14.4 Å².